The second-order valence-electron chi connectivity index (χ2n) is 1.80. The molecule has 1 aromatic heterocycles. The fraction of sp³-hybridized carbons (Fsp3) is 0.429. The zero-order valence-corrected chi connectivity index (χ0v) is 6.81. The van der Waals surface area contributed by atoms with E-state index >= 15 is 0 Å². The Labute approximate surface area is 84.9 Å². The summed E-state index contributed by atoms with van der Waals surface area (Å²) >= 11 is 2.82. The molecule has 0 radical (unpaired) electrons. The molecule has 0 aliphatic rings. The summed E-state index contributed by atoms with van der Waals surface area (Å²) in [6.45, 7) is -6.68. The van der Waals surface area contributed by atoms with Crippen LogP contribution in [0.2, 0.25) is 0 Å². The minimum Gasteiger partial charge on any atom is -0.382 e. The van der Waals surface area contributed by atoms with E-state index in [4.69, 9.17) is 11.0 Å². The van der Waals surface area contributed by atoms with Gasteiger partial charge in [0.05, 0.1) is 7.21 Å². The molecule has 0 aromatic carbocycles. The van der Waals surface area contributed by atoms with Gasteiger partial charge < -0.3 is 5.11 Å². The molecule has 0 unspecified atom stereocenters. The van der Waals surface area contributed by atoms with Gasteiger partial charge >= 0.3 is 0 Å². The lowest BCUT2D eigenvalue weighted by atomic mass is 10.1. The highest BCUT2D eigenvalue weighted by atomic mass is 79.9. The Bertz CT molecular complexity index is 462. The summed E-state index contributed by atoms with van der Waals surface area (Å²) in [6, 6.07) is 0. The zero-order chi connectivity index (χ0) is 15.2. The molecule has 0 aliphatic heterocycles. The fourth-order valence-electron chi connectivity index (χ4n) is 0.416. The molecule has 0 aliphatic carbocycles. The number of hydrogen-bond donors (Lipinski definition) is 1. The van der Waals surface area contributed by atoms with E-state index in [9.17, 15) is 5.11 Å². The molecule has 1 aromatic rings. The predicted molar refractivity (Wildman–Crippen MR) is 45.0 cm³/mol. The second-order valence-corrected chi connectivity index (χ2v) is 2.59. The first kappa shape index (κ1) is 2.78. The minimum absolute atomic E-state index is 0.130. The first-order valence-corrected chi connectivity index (χ1v) is 3.35. The minimum atomic E-state index is -3.34. The maximum Gasteiger partial charge on any atom is 0.159 e. The second kappa shape index (κ2) is 2.87. The maximum atomic E-state index is 10.1. The average molecular weight is 225 g/mol. The lowest BCUT2D eigenvalue weighted by molar-refractivity contribution is 0.0686. The molecule has 1 rings (SSSR count). The average Bonchev–Trinajstić information content (AvgIpc) is 2.20. The lowest BCUT2D eigenvalue weighted by Gasteiger charge is -2.14. The van der Waals surface area contributed by atoms with Crippen molar-refractivity contribution in [2.24, 2.45) is 0 Å². The summed E-state index contributed by atoms with van der Waals surface area (Å²) in [6.07, 6.45) is -1.16. The molecule has 0 saturated heterocycles. The van der Waals surface area contributed by atoms with Gasteiger partial charge in [0.25, 0.3) is 0 Å². The molecule has 1 N–H and O–H groups in total. The lowest BCUT2D eigenvalue weighted by Crippen LogP contribution is -2.19. The topological polar surface area (TPSA) is 46.0 Å². The van der Waals surface area contributed by atoms with Gasteiger partial charge in [0.2, 0.25) is 0 Å². The van der Waals surface area contributed by atoms with Crippen LogP contribution in [0.25, 0.3) is 0 Å². The highest BCUT2D eigenvalue weighted by Gasteiger charge is 2.18. The highest BCUT2D eigenvalue weighted by Crippen LogP contribution is 2.15. The first-order chi connectivity index (χ1) is 8.32. The summed E-state index contributed by atoms with van der Waals surface area (Å²) < 4.78 is 57.8. The van der Waals surface area contributed by atoms with Gasteiger partial charge in [-0.15, -0.1) is 0 Å². The Balaban J connectivity index is 3.62. The van der Waals surface area contributed by atoms with Gasteiger partial charge in [-0.05, 0) is 29.6 Å². The van der Waals surface area contributed by atoms with E-state index in [0.717, 1.165) is 0 Å². The third kappa shape index (κ3) is 2.24. The number of aromatic nitrogens is 2. The van der Waals surface area contributed by atoms with Crippen LogP contribution in [-0.4, -0.2) is 15.1 Å². The van der Waals surface area contributed by atoms with E-state index < -0.39 is 37.5 Å². The zero-order valence-electron chi connectivity index (χ0n) is 13.2. The summed E-state index contributed by atoms with van der Waals surface area (Å²) in [5, 5.41) is 10.1. The third-order valence-corrected chi connectivity index (χ3v) is 1.20. The smallest absolute Gasteiger partial charge is 0.159 e. The van der Waals surface area contributed by atoms with Crippen molar-refractivity contribution < 1.29 is 16.1 Å². The Morgan fingerprint density at radius 2 is 2.18 bits per heavy atom. The number of hydrogen-bond acceptors (Lipinski definition) is 3. The van der Waals surface area contributed by atoms with Crippen molar-refractivity contribution in [2.75, 3.05) is 0 Å². The number of aliphatic hydroxyl groups is 1. The Morgan fingerprint density at radius 1 is 1.64 bits per heavy atom. The van der Waals surface area contributed by atoms with Crippen LogP contribution < -0.4 is 0 Å². The van der Waals surface area contributed by atoms with Crippen LogP contribution in [0.15, 0.2) is 16.8 Å². The van der Waals surface area contributed by atoms with Crippen LogP contribution in [0.1, 0.15) is 30.5 Å². The first-order valence-electron chi connectivity index (χ1n) is 6.56. The Hall–Kier alpha value is -0.480. The maximum absolute atomic E-state index is 10.1. The van der Waals surface area contributed by atoms with E-state index in [1.54, 1.807) is 0 Å². The third-order valence-electron chi connectivity index (χ3n) is 0.844. The van der Waals surface area contributed by atoms with Crippen LogP contribution in [-0.2, 0) is 5.60 Å². The van der Waals surface area contributed by atoms with E-state index in [-0.39, 0.29) is 4.47 Å². The molecule has 0 saturated carbocycles. The van der Waals surface area contributed by atoms with Gasteiger partial charge in [0, 0.05) is 20.6 Å². The van der Waals surface area contributed by atoms with Crippen LogP contribution in [0, 0.1) is 0 Å². The van der Waals surface area contributed by atoms with Crippen molar-refractivity contribution in [1.82, 2.24) is 9.97 Å². The van der Waals surface area contributed by atoms with E-state index in [1.165, 1.54) is 0 Å². The van der Waals surface area contributed by atoms with Gasteiger partial charge in [0.1, 0.15) is 5.60 Å². The van der Waals surface area contributed by atoms with Crippen molar-refractivity contribution in [3.63, 3.8) is 0 Å². The summed E-state index contributed by atoms with van der Waals surface area (Å²) in [4.78, 5) is 6.71. The van der Waals surface area contributed by atoms with Crippen LogP contribution in [0.3, 0.4) is 0 Å². The number of halogens is 1. The van der Waals surface area contributed by atoms with Crippen LogP contribution in [0.5, 0.6) is 0 Å². The van der Waals surface area contributed by atoms with E-state index in [1.807, 2.05) is 0 Å². The van der Waals surface area contributed by atoms with Gasteiger partial charge in [0.15, 0.2) is 5.82 Å². The van der Waals surface area contributed by atoms with Crippen molar-refractivity contribution in [1.29, 1.82) is 0 Å². The van der Waals surface area contributed by atoms with Crippen molar-refractivity contribution in [3.8, 4) is 0 Å². The molecule has 0 spiro atoms. The van der Waals surface area contributed by atoms with Crippen molar-refractivity contribution in [3.05, 3.63) is 22.6 Å². The fourth-order valence-corrected chi connectivity index (χ4v) is 0.593. The van der Waals surface area contributed by atoms with Gasteiger partial charge in [-0.2, -0.15) is 0 Å². The molecule has 0 amide bonds. The molecular weight excluding hydrogens is 208 g/mol. The van der Waals surface area contributed by atoms with Crippen molar-refractivity contribution >= 4 is 15.9 Å². The summed E-state index contributed by atoms with van der Waals surface area (Å²) in [5.41, 5.74) is -3.34. The van der Waals surface area contributed by atoms with Crippen molar-refractivity contribution in [2.45, 2.75) is 19.3 Å². The quantitative estimate of drug-likeness (QED) is 0.787. The molecule has 4 heteroatoms. The summed E-state index contributed by atoms with van der Waals surface area (Å²) in [7, 11) is 0. The molecule has 3 nitrogen and oxygen atoms in total. The largest absolute Gasteiger partial charge is 0.382 e. The Kier molecular flexibility index (Phi) is 0.725. The van der Waals surface area contributed by atoms with Gasteiger partial charge in [-0.1, -0.05) is 0 Å². The van der Waals surface area contributed by atoms with Gasteiger partial charge in [-0.25, -0.2) is 9.97 Å². The number of rotatable bonds is 1. The Morgan fingerprint density at radius 3 is 2.64 bits per heavy atom. The predicted octanol–water partition coefficient (Wildman–Crippen LogP) is 1.47. The normalized spacial score (nSPS) is 24.5. The van der Waals surface area contributed by atoms with Crippen LogP contribution in [0.4, 0.5) is 0 Å². The van der Waals surface area contributed by atoms with Crippen LogP contribution >= 0.6 is 15.9 Å². The highest BCUT2D eigenvalue weighted by molar-refractivity contribution is 9.10. The molecule has 0 bridgehead atoms. The molecular formula is C7H9BrN2O. The SMILES string of the molecule is [2H]c1nc(C(O)(C([2H])([2H])[2H])C([2H])([2H])[2H])nc([2H])c1Br. The molecule has 11 heavy (non-hydrogen) atoms. The molecule has 0 atom stereocenters. The molecule has 0 fully saturated rings. The monoisotopic (exact) mass is 224 g/mol. The molecule has 1 heterocycles. The summed E-state index contributed by atoms with van der Waals surface area (Å²) in [5.74, 6) is -0.995. The van der Waals surface area contributed by atoms with E-state index in [0.29, 0.717) is 0 Å². The molecule has 60 valence electrons. The van der Waals surface area contributed by atoms with E-state index in [2.05, 4.69) is 25.9 Å². The standard InChI is InChI=1S/C7H9BrN2O/c1-7(2,11)6-9-3-5(8)4-10-6/h3-4,11H,1-2H3/i1D3,2D3,3D,4D. The van der Waals surface area contributed by atoms with Gasteiger partial charge in [-0.3, -0.25) is 0 Å². The number of nitrogens with zero attached hydrogens (tertiary/aromatic N) is 2.